The van der Waals surface area contributed by atoms with E-state index in [2.05, 4.69) is 25.9 Å². The highest BCUT2D eigenvalue weighted by Crippen LogP contribution is 2.69. The third-order valence-electron chi connectivity index (χ3n) is 15.0. The number of alkyl halides is 2. The Balaban J connectivity index is 0.759. The number of amidine groups is 2. The van der Waals surface area contributed by atoms with Gasteiger partial charge in [-0.2, -0.15) is 0 Å². The zero-order valence-corrected chi connectivity index (χ0v) is 38.0. The first-order valence-corrected chi connectivity index (χ1v) is 23.9. The molecule has 2 amide bonds. The second kappa shape index (κ2) is 22.8. The average molecular weight is 895 g/mol. The first kappa shape index (κ1) is 48.4. The number of piperidine rings is 2. The van der Waals surface area contributed by atoms with Gasteiger partial charge in [-0.1, -0.05) is 36.3 Å². The van der Waals surface area contributed by atoms with Gasteiger partial charge in [-0.3, -0.25) is 30.2 Å². The molecule has 3 saturated carbocycles. The number of nitrogens with one attached hydrogen (secondary N) is 3. The van der Waals surface area contributed by atoms with Crippen LogP contribution in [0.2, 0.25) is 0 Å². The van der Waals surface area contributed by atoms with E-state index >= 15 is 0 Å². The predicted octanol–water partition coefficient (Wildman–Crippen LogP) is 4.50. The number of nitrogens with zero attached hydrogens (tertiary/aromatic N) is 5. The number of carbonyl (C=O) groups excluding carboxylic acids is 2. The molecule has 7 rings (SSSR count). The number of halogens is 2. The fraction of sp³-hybridized carbons (Fsp3) is 0.750. The largest absolute Gasteiger partial charge is 0.378 e. The molecule has 6 aliphatic rings. The standard InChI is InChI=1S/C48H72F2N8O6/c1-3-25-61-27-29-63-31-32-64-30-28-62-26-24-55-22-20-54(21-23-55)18-7-10-44(59)56-34-39(35-56)45(52)58(36(2)51)43-33-42-48(43)17-13-41(48)57(42)19-14-40(37-8-5-4-6-9-37)53-46(60)38-11-15-47(49,50)16-12-38/h1,4-6,8-9,38-43,51-52H,7,10-35H2,2H3,(H,53,60)/t40-,41?,42?,43?,48?/m0/s1. The summed E-state index contributed by atoms with van der Waals surface area (Å²) in [6, 6.07) is 10.7. The number of terminal acetylenes is 1. The number of amides is 2. The van der Waals surface area contributed by atoms with Crippen LogP contribution in [0.25, 0.3) is 0 Å². The molecule has 64 heavy (non-hydrogen) atoms. The summed E-state index contributed by atoms with van der Waals surface area (Å²) in [4.78, 5) is 37.8. The number of hydrogen-bond donors (Lipinski definition) is 3. The van der Waals surface area contributed by atoms with Crippen molar-refractivity contribution in [2.45, 2.75) is 101 Å². The number of hydrogen-bond acceptors (Lipinski definition) is 11. The molecule has 0 bridgehead atoms. The highest BCUT2D eigenvalue weighted by Gasteiger charge is 2.76. The maximum Gasteiger partial charge on any atom is 0.248 e. The van der Waals surface area contributed by atoms with Crippen LogP contribution >= 0.6 is 0 Å². The monoisotopic (exact) mass is 895 g/mol. The molecule has 1 spiro atoms. The van der Waals surface area contributed by atoms with Crippen molar-refractivity contribution in [2.24, 2.45) is 17.3 Å². The maximum absolute atomic E-state index is 13.8. The SMILES string of the molecule is C#CCOCCOCCOCCOCCN1CCN(CCCC(=O)N2CC(C(=N)N(C(C)=N)C3CC4N(CC[C@H](NC(=O)C5CCC(F)(F)CC5)c5ccccc5)C5CCC354)C2)CC1. The lowest BCUT2D eigenvalue weighted by Gasteiger charge is -2.81. The van der Waals surface area contributed by atoms with Crippen molar-refractivity contribution in [3.63, 3.8) is 0 Å². The van der Waals surface area contributed by atoms with Gasteiger partial charge in [0.1, 0.15) is 12.4 Å². The Bertz CT molecular complexity index is 1740. The summed E-state index contributed by atoms with van der Waals surface area (Å²) in [6.07, 6.45) is 10.2. The van der Waals surface area contributed by atoms with Gasteiger partial charge in [0.2, 0.25) is 17.7 Å². The highest BCUT2D eigenvalue weighted by molar-refractivity contribution is 6.00. The van der Waals surface area contributed by atoms with E-state index < -0.39 is 5.92 Å². The van der Waals surface area contributed by atoms with Crippen LogP contribution in [0.3, 0.4) is 0 Å². The molecule has 1 aromatic carbocycles. The minimum absolute atomic E-state index is 0.0554. The average Bonchev–Trinajstić information content (AvgIpc) is 3.24. The van der Waals surface area contributed by atoms with E-state index in [4.69, 9.17) is 30.8 Å². The Morgan fingerprint density at radius 1 is 0.844 bits per heavy atom. The molecule has 3 aliphatic heterocycles. The third-order valence-corrected chi connectivity index (χ3v) is 15.0. The van der Waals surface area contributed by atoms with Crippen LogP contribution in [-0.4, -0.2) is 184 Å². The van der Waals surface area contributed by atoms with E-state index in [0.29, 0.717) is 96.1 Å². The molecule has 0 radical (unpaired) electrons. The molecular formula is C48H72F2N8O6. The van der Waals surface area contributed by atoms with Crippen molar-refractivity contribution in [1.29, 1.82) is 10.8 Å². The lowest BCUT2D eigenvalue weighted by molar-refractivity contribution is -0.291. The number of ether oxygens (including phenoxy) is 4. The summed E-state index contributed by atoms with van der Waals surface area (Å²) in [5.41, 5.74) is 1.11. The van der Waals surface area contributed by atoms with Gasteiger partial charge in [0.15, 0.2) is 0 Å². The van der Waals surface area contributed by atoms with Crippen molar-refractivity contribution in [3.8, 4) is 12.3 Å². The fourth-order valence-corrected chi connectivity index (χ4v) is 11.2. The van der Waals surface area contributed by atoms with Gasteiger partial charge in [-0.25, -0.2) is 8.78 Å². The van der Waals surface area contributed by atoms with E-state index in [0.717, 1.165) is 83.5 Å². The van der Waals surface area contributed by atoms with Crippen LogP contribution in [0.4, 0.5) is 8.78 Å². The number of carbonyl (C=O) groups is 2. The maximum atomic E-state index is 13.8. The first-order valence-electron chi connectivity index (χ1n) is 23.9. The van der Waals surface area contributed by atoms with Crippen molar-refractivity contribution in [3.05, 3.63) is 35.9 Å². The van der Waals surface area contributed by atoms with E-state index in [1.54, 1.807) is 6.92 Å². The fourth-order valence-electron chi connectivity index (χ4n) is 11.2. The van der Waals surface area contributed by atoms with Crippen molar-refractivity contribution < 1.29 is 37.3 Å². The molecular weight excluding hydrogens is 823 g/mol. The Hall–Kier alpha value is -3.56. The van der Waals surface area contributed by atoms with Gasteiger partial charge in [-0.05, 0) is 64.0 Å². The molecule has 3 N–H and O–H groups in total. The number of piperazine rings is 1. The minimum atomic E-state index is -2.67. The molecule has 3 heterocycles. The molecule has 354 valence electrons. The van der Waals surface area contributed by atoms with Gasteiger partial charge in [0.25, 0.3) is 0 Å². The molecule has 0 aromatic heterocycles. The lowest BCUT2D eigenvalue weighted by Crippen LogP contribution is -2.89. The van der Waals surface area contributed by atoms with Crippen LogP contribution in [0.1, 0.15) is 82.7 Å². The second-order valence-electron chi connectivity index (χ2n) is 18.8. The minimum Gasteiger partial charge on any atom is -0.378 e. The smallest absolute Gasteiger partial charge is 0.248 e. The van der Waals surface area contributed by atoms with Gasteiger partial charge in [-0.15, -0.1) is 6.42 Å². The Morgan fingerprint density at radius 2 is 1.47 bits per heavy atom. The summed E-state index contributed by atoms with van der Waals surface area (Å²) < 4.78 is 49.5. The second-order valence-corrected chi connectivity index (χ2v) is 18.8. The summed E-state index contributed by atoms with van der Waals surface area (Å²) in [7, 11) is 0. The Morgan fingerprint density at radius 3 is 2.06 bits per heavy atom. The summed E-state index contributed by atoms with van der Waals surface area (Å²) in [5, 5.41) is 21.3. The van der Waals surface area contributed by atoms with Crippen molar-refractivity contribution in [2.75, 3.05) is 112 Å². The molecule has 14 nitrogen and oxygen atoms in total. The Kier molecular flexibility index (Phi) is 17.2. The van der Waals surface area contributed by atoms with Gasteiger partial charge >= 0.3 is 0 Å². The van der Waals surface area contributed by atoms with E-state index in [1.807, 2.05) is 40.1 Å². The predicted molar refractivity (Wildman–Crippen MR) is 240 cm³/mol. The molecule has 1 aromatic rings. The van der Waals surface area contributed by atoms with Crippen LogP contribution in [-0.2, 0) is 28.5 Å². The first-order chi connectivity index (χ1) is 31.0. The molecule has 6 fully saturated rings. The zero-order valence-electron chi connectivity index (χ0n) is 38.0. The lowest BCUT2D eigenvalue weighted by atomic mass is 9.39. The Labute approximate surface area is 379 Å². The van der Waals surface area contributed by atoms with Crippen LogP contribution in [0, 0.1) is 40.4 Å². The molecule has 16 heteroatoms. The number of likely N-dealkylation sites (tertiary alicyclic amines) is 2. The zero-order chi connectivity index (χ0) is 45.1. The van der Waals surface area contributed by atoms with Crippen LogP contribution in [0.5, 0.6) is 0 Å². The van der Waals surface area contributed by atoms with E-state index in [-0.39, 0.29) is 66.8 Å². The van der Waals surface area contributed by atoms with Gasteiger partial charge in [0.05, 0.1) is 64.0 Å². The highest BCUT2D eigenvalue weighted by atomic mass is 19.3. The normalized spacial score (nSPS) is 26.2. The van der Waals surface area contributed by atoms with E-state index in [1.165, 1.54) is 0 Å². The van der Waals surface area contributed by atoms with E-state index in [9.17, 15) is 23.8 Å². The molecule has 4 unspecified atom stereocenters. The van der Waals surface area contributed by atoms with Gasteiger partial charge in [0, 0.05) is 101 Å². The number of benzene rings is 1. The molecule has 3 saturated heterocycles. The molecule has 3 aliphatic carbocycles. The third kappa shape index (κ3) is 11.7. The summed E-state index contributed by atoms with van der Waals surface area (Å²) in [6.45, 7) is 13.5. The van der Waals surface area contributed by atoms with Crippen molar-refractivity contribution >= 4 is 23.5 Å². The number of rotatable bonds is 25. The van der Waals surface area contributed by atoms with Crippen LogP contribution in [0.15, 0.2) is 30.3 Å². The van der Waals surface area contributed by atoms with Crippen LogP contribution < -0.4 is 5.32 Å². The van der Waals surface area contributed by atoms with Gasteiger partial charge < -0.3 is 39.0 Å². The topological polar surface area (TPSA) is 147 Å². The summed E-state index contributed by atoms with van der Waals surface area (Å²) >= 11 is 0. The van der Waals surface area contributed by atoms with Crippen molar-refractivity contribution in [1.82, 2.24) is 29.8 Å². The quantitative estimate of drug-likeness (QED) is 0.0556. The molecule has 5 atom stereocenters. The summed E-state index contributed by atoms with van der Waals surface area (Å²) in [5.74, 6) is 0.223.